The van der Waals surface area contributed by atoms with E-state index in [0.29, 0.717) is 36.3 Å². The monoisotopic (exact) mass is 302 g/mol. The van der Waals surface area contributed by atoms with Crippen molar-refractivity contribution in [3.63, 3.8) is 0 Å². The van der Waals surface area contributed by atoms with E-state index in [2.05, 4.69) is 27.7 Å². The van der Waals surface area contributed by atoms with Gasteiger partial charge in [-0.15, -0.1) is 0 Å². The lowest BCUT2D eigenvalue weighted by atomic mass is 9.88. The molecule has 1 fully saturated rings. The fourth-order valence-corrected chi connectivity index (χ4v) is 2.99. The Morgan fingerprint density at radius 1 is 1.32 bits per heavy atom. The summed E-state index contributed by atoms with van der Waals surface area (Å²) in [5, 5.41) is 13.4. The van der Waals surface area contributed by atoms with E-state index >= 15 is 0 Å². The molecule has 2 atom stereocenters. The zero-order valence-corrected chi connectivity index (χ0v) is 12.8. The van der Waals surface area contributed by atoms with Gasteiger partial charge in [-0.1, -0.05) is 19.8 Å². The van der Waals surface area contributed by atoms with Crippen LogP contribution in [-0.4, -0.2) is 40.6 Å². The smallest absolute Gasteiger partial charge is 0.251 e. The van der Waals surface area contributed by atoms with Gasteiger partial charge in [0, 0.05) is 12.1 Å². The summed E-state index contributed by atoms with van der Waals surface area (Å²) in [6.07, 6.45) is 5.28. The molecule has 0 radical (unpaired) electrons. The first-order valence-corrected chi connectivity index (χ1v) is 7.94. The number of nitrogens with one attached hydrogen (secondary N) is 2. The molecule has 1 amide bonds. The molecule has 1 aromatic carbocycles. The second-order valence-corrected chi connectivity index (χ2v) is 5.95. The van der Waals surface area contributed by atoms with Crippen molar-refractivity contribution in [1.82, 2.24) is 20.7 Å². The number of ether oxygens (including phenoxy) is 1. The molecule has 6 nitrogen and oxygen atoms in total. The Hall–Kier alpha value is -1.95. The molecule has 1 saturated carbocycles. The van der Waals surface area contributed by atoms with Crippen LogP contribution in [0.4, 0.5) is 0 Å². The molecule has 1 aliphatic carbocycles. The predicted molar refractivity (Wildman–Crippen MR) is 83.6 cm³/mol. The van der Waals surface area contributed by atoms with E-state index in [1.807, 2.05) is 0 Å². The molecule has 2 N–H and O–H groups in total. The summed E-state index contributed by atoms with van der Waals surface area (Å²) in [6.45, 7) is 3.33. The second-order valence-electron chi connectivity index (χ2n) is 5.95. The summed E-state index contributed by atoms with van der Waals surface area (Å²) in [4.78, 5) is 12.1. The van der Waals surface area contributed by atoms with Crippen LogP contribution in [0.1, 0.15) is 43.0 Å². The van der Waals surface area contributed by atoms with Gasteiger partial charge in [-0.25, -0.2) is 0 Å². The molecule has 6 heteroatoms. The molecule has 2 unspecified atom stereocenters. The molecular weight excluding hydrogens is 280 g/mol. The predicted octanol–water partition coefficient (Wildman–Crippen LogP) is 2.28. The zero-order valence-electron chi connectivity index (χ0n) is 12.8. The highest BCUT2D eigenvalue weighted by molar-refractivity contribution is 5.97. The number of hydrogen-bond donors (Lipinski definition) is 2. The van der Waals surface area contributed by atoms with Crippen LogP contribution in [0.5, 0.6) is 0 Å². The Labute approximate surface area is 129 Å². The van der Waals surface area contributed by atoms with Crippen molar-refractivity contribution >= 4 is 16.9 Å². The van der Waals surface area contributed by atoms with Gasteiger partial charge in [0.05, 0.1) is 12.7 Å². The number of aromatic amines is 1. The average molecular weight is 302 g/mol. The summed E-state index contributed by atoms with van der Waals surface area (Å²) >= 11 is 0. The lowest BCUT2D eigenvalue weighted by molar-refractivity contribution is -0.00293. The first-order chi connectivity index (χ1) is 10.7. The van der Waals surface area contributed by atoms with Crippen molar-refractivity contribution in [3.05, 3.63) is 23.8 Å². The number of rotatable bonds is 5. The Morgan fingerprint density at radius 3 is 3.00 bits per heavy atom. The highest BCUT2D eigenvalue weighted by atomic mass is 16.5. The number of H-pyrrole nitrogens is 1. The summed E-state index contributed by atoms with van der Waals surface area (Å²) in [7, 11) is 0. The minimum Gasteiger partial charge on any atom is -0.376 e. The Morgan fingerprint density at radius 2 is 2.14 bits per heavy atom. The van der Waals surface area contributed by atoms with E-state index in [4.69, 9.17) is 4.74 Å². The number of carbonyl (C=O) groups is 1. The van der Waals surface area contributed by atoms with Crippen molar-refractivity contribution in [2.24, 2.45) is 5.92 Å². The van der Waals surface area contributed by atoms with Gasteiger partial charge in [0.1, 0.15) is 11.0 Å². The summed E-state index contributed by atoms with van der Waals surface area (Å²) in [5.41, 5.74) is 2.04. The summed E-state index contributed by atoms with van der Waals surface area (Å²) < 4.78 is 5.90. The largest absolute Gasteiger partial charge is 0.376 e. The lowest BCUT2D eigenvalue weighted by Crippen LogP contribution is -2.31. The third kappa shape index (κ3) is 3.44. The van der Waals surface area contributed by atoms with Crippen molar-refractivity contribution in [2.45, 2.75) is 38.7 Å². The van der Waals surface area contributed by atoms with Gasteiger partial charge in [0.15, 0.2) is 0 Å². The molecule has 0 aliphatic heterocycles. The fraction of sp³-hybridized carbons (Fsp3) is 0.562. The van der Waals surface area contributed by atoms with Crippen LogP contribution in [0, 0.1) is 5.92 Å². The fourth-order valence-electron chi connectivity index (χ4n) is 2.99. The number of fused-ring (bicyclic) bond motifs is 1. The second kappa shape index (κ2) is 6.87. The van der Waals surface area contributed by atoms with Gasteiger partial charge in [-0.3, -0.25) is 4.79 Å². The molecule has 1 heterocycles. The van der Waals surface area contributed by atoms with Crippen LogP contribution < -0.4 is 5.32 Å². The van der Waals surface area contributed by atoms with Crippen molar-refractivity contribution < 1.29 is 9.53 Å². The maximum atomic E-state index is 12.1. The topological polar surface area (TPSA) is 79.9 Å². The molecule has 0 saturated heterocycles. The third-order valence-electron chi connectivity index (χ3n) is 4.33. The van der Waals surface area contributed by atoms with Gasteiger partial charge >= 0.3 is 0 Å². The zero-order chi connectivity index (χ0) is 15.4. The van der Waals surface area contributed by atoms with Gasteiger partial charge in [0.25, 0.3) is 5.91 Å². The van der Waals surface area contributed by atoms with Crippen LogP contribution in [-0.2, 0) is 4.74 Å². The molecule has 2 aromatic rings. The van der Waals surface area contributed by atoms with Crippen molar-refractivity contribution in [2.75, 3.05) is 13.2 Å². The molecule has 0 spiro atoms. The molecule has 1 aliphatic rings. The van der Waals surface area contributed by atoms with E-state index in [9.17, 15) is 4.79 Å². The van der Waals surface area contributed by atoms with Crippen LogP contribution in [0.3, 0.4) is 0 Å². The highest BCUT2D eigenvalue weighted by Gasteiger charge is 2.21. The Bertz CT molecular complexity index is 640. The number of benzene rings is 1. The Kier molecular flexibility index (Phi) is 4.68. The summed E-state index contributed by atoms with van der Waals surface area (Å²) in [6, 6.07) is 5.27. The maximum Gasteiger partial charge on any atom is 0.251 e. The average Bonchev–Trinajstić information content (AvgIpc) is 3.00. The normalized spacial score (nSPS) is 21.9. The van der Waals surface area contributed by atoms with E-state index < -0.39 is 0 Å². The number of hydrogen-bond acceptors (Lipinski definition) is 4. The Balaban J connectivity index is 1.45. The van der Waals surface area contributed by atoms with Crippen LogP contribution in [0.25, 0.3) is 11.0 Å². The van der Waals surface area contributed by atoms with Crippen molar-refractivity contribution in [1.29, 1.82) is 0 Å². The molecule has 3 rings (SSSR count). The molecule has 0 bridgehead atoms. The maximum absolute atomic E-state index is 12.1. The number of nitrogens with zero attached hydrogens (tertiary/aromatic N) is 2. The first-order valence-electron chi connectivity index (χ1n) is 7.94. The minimum absolute atomic E-state index is 0.106. The van der Waals surface area contributed by atoms with Gasteiger partial charge in [-0.05, 0) is 37.0 Å². The number of amides is 1. The first kappa shape index (κ1) is 15.0. The van der Waals surface area contributed by atoms with E-state index in [1.165, 1.54) is 19.3 Å². The van der Waals surface area contributed by atoms with Gasteiger partial charge in [0.2, 0.25) is 0 Å². The minimum atomic E-state index is -0.106. The van der Waals surface area contributed by atoms with Crippen LogP contribution in [0.2, 0.25) is 0 Å². The number of carbonyl (C=O) groups excluding carboxylic acids is 1. The molecule has 1 aromatic heterocycles. The van der Waals surface area contributed by atoms with Gasteiger partial charge in [-0.2, -0.15) is 15.4 Å². The highest BCUT2D eigenvalue weighted by Crippen LogP contribution is 2.25. The lowest BCUT2D eigenvalue weighted by Gasteiger charge is -2.28. The molecular formula is C16H22N4O2. The van der Waals surface area contributed by atoms with Gasteiger partial charge < -0.3 is 10.1 Å². The summed E-state index contributed by atoms with van der Waals surface area (Å²) in [5.74, 6) is 0.518. The quantitative estimate of drug-likeness (QED) is 0.830. The number of aromatic nitrogens is 3. The van der Waals surface area contributed by atoms with Crippen LogP contribution in [0.15, 0.2) is 18.2 Å². The van der Waals surface area contributed by atoms with E-state index in [1.54, 1.807) is 18.2 Å². The molecule has 118 valence electrons. The molecule has 22 heavy (non-hydrogen) atoms. The third-order valence-corrected chi connectivity index (χ3v) is 4.33. The standard InChI is InChI=1S/C16H22N4O2/c1-11-4-2-3-5-15(11)22-9-8-17-16(21)12-6-7-13-14(10-12)19-20-18-13/h6-7,10-11,15H,2-5,8-9H2,1H3,(H,17,21)(H,18,19,20). The van der Waals surface area contributed by atoms with E-state index in [0.717, 1.165) is 11.9 Å². The van der Waals surface area contributed by atoms with Crippen LogP contribution >= 0.6 is 0 Å². The SMILES string of the molecule is CC1CCCCC1OCCNC(=O)c1ccc2n[nH]nc2c1. The van der Waals surface area contributed by atoms with E-state index in [-0.39, 0.29) is 5.91 Å². The van der Waals surface area contributed by atoms with Crippen molar-refractivity contribution in [3.8, 4) is 0 Å².